The minimum absolute atomic E-state index is 0.137. The third-order valence-electron chi connectivity index (χ3n) is 6.47. The van der Waals surface area contributed by atoms with Crippen molar-refractivity contribution in [1.29, 1.82) is 0 Å². The molecule has 2 aliphatic carbocycles. The first-order valence-corrected chi connectivity index (χ1v) is 12.7. The van der Waals surface area contributed by atoms with E-state index >= 15 is 0 Å². The van der Waals surface area contributed by atoms with Crippen LogP contribution in [0.4, 0.5) is 0 Å². The van der Waals surface area contributed by atoms with E-state index < -0.39 is 30.0 Å². The molecular weight excluding hydrogens is 494 g/mol. The number of Topliss-reactive ketones (excluding diaryl/α,β-unsaturated/α-hetero) is 1. The average molecular weight is 530 g/mol. The van der Waals surface area contributed by atoms with Crippen LogP contribution in [0.3, 0.4) is 0 Å². The number of allylic oxidation sites excluding steroid dienone is 5. The highest BCUT2D eigenvalue weighted by atomic mass is 16.6. The second-order valence-electron chi connectivity index (χ2n) is 9.96. The Morgan fingerprint density at radius 1 is 0.842 bits per heavy atom. The van der Waals surface area contributed by atoms with Gasteiger partial charge in [0.25, 0.3) is 0 Å². The Labute approximate surface area is 222 Å². The lowest BCUT2D eigenvalue weighted by Gasteiger charge is -2.36. The predicted octanol–water partition coefficient (Wildman–Crippen LogP) is 3.28. The van der Waals surface area contributed by atoms with E-state index in [9.17, 15) is 24.0 Å². The molecule has 206 valence electrons. The summed E-state index contributed by atoms with van der Waals surface area (Å²) in [6.45, 7) is 6.33. The van der Waals surface area contributed by atoms with Crippen molar-refractivity contribution in [3.05, 3.63) is 46.7 Å². The number of rotatable bonds is 8. The first-order valence-electron chi connectivity index (χ1n) is 12.7. The molecule has 0 radical (unpaired) electrons. The number of hydrogen-bond donors (Lipinski definition) is 0. The molecule has 3 rings (SSSR count). The summed E-state index contributed by atoms with van der Waals surface area (Å²) in [6.07, 6.45) is 6.93. The van der Waals surface area contributed by atoms with E-state index in [4.69, 9.17) is 18.9 Å². The number of nitrogens with zero attached hydrogens (tertiary/aromatic N) is 1. The van der Waals surface area contributed by atoms with Crippen LogP contribution in [0.1, 0.15) is 59.8 Å². The van der Waals surface area contributed by atoms with E-state index in [-0.39, 0.29) is 29.1 Å². The van der Waals surface area contributed by atoms with Crippen LogP contribution < -0.4 is 0 Å². The van der Waals surface area contributed by atoms with Gasteiger partial charge in [0.2, 0.25) is 0 Å². The zero-order valence-corrected chi connectivity index (χ0v) is 22.5. The smallest absolute Gasteiger partial charge is 0.308 e. The van der Waals surface area contributed by atoms with Crippen molar-refractivity contribution in [2.24, 2.45) is 11.8 Å². The molecular formula is C28H35NO9. The van der Waals surface area contributed by atoms with Crippen molar-refractivity contribution < 1.29 is 42.9 Å². The van der Waals surface area contributed by atoms with Crippen LogP contribution in [-0.4, -0.2) is 60.8 Å². The molecule has 0 aromatic heterocycles. The zero-order valence-electron chi connectivity index (χ0n) is 22.5. The average Bonchev–Trinajstić information content (AvgIpc) is 2.79. The normalized spacial score (nSPS) is 24.1. The SMILES string of the molecule is CC(=O)OC1=CC(CC2CN(C)CC(CC3=CC(OC(C)=O)=C(OC(C)=O)CC3)C2=O)=CCC1OC(C)=O. The molecule has 3 atom stereocenters. The highest BCUT2D eigenvalue weighted by Gasteiger charge is 2.36. The van der Waals surface area contributed by atoms with Crippen LogP contribution in [0.25, 0.3) is 0 Å². The molecule has 0 saturated carbocycles. The summed E-state index contributed by atoms with van der Waals surface area (Å²) >= 11 is 0. The largest absolute Gasteiger partial charge is 0.454 e. The quantitative estimate of drug-likeness (QED) is 0.342. The molecule has 0 spiro atoms. The van der Waals surface area contributed by atoms with Crippen molar-refractivity contribution in [3.63, 3.8) is 0 Å². The van der Waals surface area contributed by atoms with Gasteiger partial charge in [-0.3, -0.25) is 24.0 Å². The second-order valence-corrected chi connectivity index (χ2v) is 9.96. The lowest BCUT2D eigenvalue weighted by atomic mass is 9.79. The first kappa shape index (κ1) is 29.0. The fraction of sp³-hybridized carbons (Fsp3) is 0.536. The number of piperidine rings is 1. The predicted molar refractivity (Wildman–Crippen MR) is 135 cm³/mol. The molecule has 0 amide bonds. The molecule has 0 aromatic carbocycles. The molecule has 10 heteroatoms. The van der Waals surface area contributed by atoms with Crippen molar-refractivity contribution in [2.75, 3.05) is 20.1 Å². The Balaban J connectivity index is 1.74. The molecule has 1 saturated heterocycles. The van der Waals surface area contributed by atoms with Gasteiger partial charge in [-0.2, -0.15) is 0 Å². The van der Waals surface area contributed by atoms with Crippen molar-refractivity contribution in [1.82, 2.24) is 4.90 Å². The highest BCUT2D eigenvalue weighted by molar-refractivity contribution is 5.85. The van der Waals surface area contributed by atoms with Gasteiger partial charge in [0.05, 0.1) is 0 Å². The van der Waals surface area contributed by atoms with E-state index in [1.807, 2.05) is 13.1 Å². The van der Waals surface area contributed by atoms with E-state index in [0.717, 1.165) is 11.1 Å². The Bertz CT molecular complexity index is 1130. The summed E-state index contributed by atoms with van der Waals surface area (Å²) in [7, 11) is 1.97. The van der Waals surface area contributed by atoms with Gasteiger partial charge in [0, 0.05) is 65.5 Å². The van der Waals surface area contributed by atoms with Gasteiger partial charge >= 0.3 is 23.9 Å². The maximum atomic E-state index is 13.5. The van der Waals surface area contributed by atoms with E-state index in [0.29, 0.717) is 51.0 Å². The van der Waals surface area contributed by atoms with Crippen LogP contribution in [0.15, 0.2) is 46.7 Å². The monoisotopic (exact) mass is 529 g/mol. The van der Waals surface area contributed by atoms with Gasteiger partial charge in [-0.15, -0.1) is 0 Å². The topological polar surface area (TPSA) is 126 Å². The zero-order chi connectivity index (χ0) is 28.0. The van der Waals surface area contributed by atoms with Gasteiger partial charge in [-0.1, -0.05) is 11.6 Å². The van der Waals surface area contributed by atoms with Crippen LogP contribution in [0, 0.1) is 11.8 Å². The van der Waals surface area contributed by atoms with Gasteiger partial charge < -0.3 is 23.8 Å². The minimum Gasteiger partial charge on any atom is -0.454 e. The summed E-state index contributed by atoms with van der Waals surface area (Å²) in [4.78, 5) is 61.7. The van der Waals surface area contributed by atoms with Gasteiger partial charge in [-0.05, 0) is 44.0 Å². The number of likely N-dealkylation sites (tertiary alicyclic amines) is 1. The van der Waals surface area contributed by atoms with Crippen LogP contribution >= 0.6 is 0 Å². The number of esters is 4. The van der Waals surface area contributed by atoms with Crippen LogP contribution in [0.5, 0.6) is 0 Å². The van der Waals surface area contributed by atoms with E-state index in [1.165, 1.54) is 27.7 Å². The molecule has 3 aliphatic rings. The summed E-state index contributed by atoms with van der Waals surface area (Å²) in [5.74, 6) is -1.60. The Kier molecular flexibility index (Phi) is 9.79. The fourth-order valence-corrected chi connectivity index (χ4v) is 5.10. The van der Waals surface area contributed by atoms with Crippen molar-refractivity contribution in [3.8, 4) is 0 Å². The van der Waals surface area contributed by atoms with E-state index in [1.54, 1.807) is 12.2 Å². The van der Waals surface area contributed by atoms with E-state index in [2.05, 4.69) is 4.90 Å². The number of carbonyl (C=O) groups excluding carboxylic acids is 5. The summed E-state index contributed by atoms with van der Waals surface area (Å²) in [6, 6.07) is 0. The minimum atomic E-state index is -0.674. The fourth-order valence-electron chi connectivity index (χ4n) is 5.10. The molecule has 1 heterocycles. The molecule has 1 aliphatic heterocycles. The third kappa shape index (κ3) is 8.24. The lowest BCUT2D eigenvalue weighted by Crippen LogP contribution is -2.45. The maximum Gasteiger partial charge on any atom is 0.308 e. The highest BCUT2D eigenvalue weighted by Crippen LogP contribution is 2.34. The maximum absolute atomic E-state index is 13.5. The lowest BCUT2D eigenvalue weighted by molar-refractivity contribution is -0.150. The standard InChI is InChI=1S/C28H35NO9/c1-16(30)35-24-8-6-20(12-26(24)37-18(3)32)10-22-14-29(5)15-23(28(22)34)11-21-7-9-25(36-17(2)31)27(13-21)38-19(4)33/h6,12-13,22-24H,7-11,14-15H2,1-5H3. The molecule has 0 N–H and O–H groups in total. The third-order valence-corrected chi connectivity index (χ3v) is 6.47. The van der Waals surface area contributed by atoms with Crippen molar-refractivity contribution >= 4 is 29.7 Å². The number of ketones is 1. The van der Waals surface area contributed by atoms with Crippen LogP contribution in [0.2, 0.25) is 0 Å². The van der Waals surface area contributed by atoms with Gasteiger partial charge in [0.1, 0.15) is 11.5 Å². The summed E-state index contributed by atoms with van der Waals surface area (Å²) in [5.41, 5.74) is 1.79. The number of carbonyl (C=O) groups is 5. The molecule has 0 bridgehead atoms. The Morgan fingerprint density at radius 3 is 2.08 bits per heavy atom. The number of hydrogen-bond acceptors (Lipinski definition) is 10. The molecule has 1 fully saturated rings. The second kappa shape index (κ2) is 12.8. The summed E-state index contributed by atoms with van der Waals surface area (Å²) in [5, 5.41) is 0. The Morgan fingerprint density at radius 2 is 1.47 bits per heavy atom. The van der Waals surface area contributed by atoms with Crippen molar-refractivity contribution in [2.45, 2.75) is 65.9 Å². The van der Waals surface area contributed by atoms with Gasteiger partial charge in [0.15, 0.2) is 17.6 Å². The van der Waals surface area contributed by atoms with Crippen LogP contribution in [-0.2, 0) is 42.9 Å². The van der Waals surface area contributed by atoms with Gasteiger partial charge in [-0.25, -0.2) is 0 Å². The molecule has 38 heavy (non-hydrogen) atoms. The molecule has 3 unspecified atom stereocenters. The first-order chi connectivity index (χ1) is 17.9. The summed E-state index contributed by atoms with van der Waals surface area (Å²) < 4.78 is 21.1. The molecule has 10 nitrogen and oxygen atoms in total. The number of ether oxygens (including phenoxy) is 4. The Hall–Kier alpha value is -3.53. The molecule has 0 aromatic rings.